The van der Waals surface area contributed by atoms with Gasteiger partial charge < -0.3 is 14.9 Å². The molecule has 0 amide bonds. The van der Waals surface area contributed by atoms with Gasteiger partial charge in [0.2, 0.25) is 0 Å². The molecule has 1 heterocycles. The topological polar surface area (TPSA) is 66.8 Å². The molecule has 4 heteroatoms. The molecule has 4 atom stereocenters. The number of hydrogen-bond donors (Lipinski definition) is 2. The molecule has 0 spiro atoms. The van der Waals surface area contributed by atoms with Crippen LogP contribution in [0, 0.1) is 11.8 Å². The zero-order valence-corrected chi connectivity index (χ0v) is 11.6. The first-order chi connectivity index (χ1) is 8.72. The Balaban J connectivity index is 2.11. The van der Waals surface area contributed by atoms with Crippen molar-refractivity contribution in [2.75, 3.05) is 0 Å². The molecule has 2 N–H and O–H groups in total. The standard InChI is InChI=1S/C15H20O4/c1-8-9-6-11-10(4-5-14(11,2)17)15(3,18)7-12(9)19-13(8)16/h7,10-11,17-18H,4-6H2,1-3H3/t10-,11-,14-,15+/m0/s1. The van der Waals surface area contributed by atoms with Gasteiger partial charge in [0.1, 0.15) is 5.76 Å². The van der Waals surface area contributed by atoms with Crippen LogP contribution in [-0.4, -0.2) is 27.4 Å². The second-order valence-corrected chi connectivity index (χ2v) is 6.54. The zero-order chi connectivity index (χ0) is 14.0. The minimum Gasteiger partial charge on any atom is -0.423 e. The average molecular weight is 264 g/mol. The molecule has 2 aliphatic carbocycles. The van der Waals surface area contributed by atoms with E-state index in [4.69, 9.17) is 4.74 Å². The van der Waals surface area contributed by atoms with E-state index in [1.165, 1.54) is 0 Å². The van der Waals surface area contributed by atoms with Crippen LogP contribution in [0.25, 0.3) is 0 Å². The summed E-state index contributed by atoms with van der Waals surface area (Å²) in [5.41, 5.74) is -0.394. The summed E-state index contributed by atoms with van der Waals surface area (Å²) in [7, 11) is 0. The summed E-state index contributed by atoms with van der Waals surface area (Å²) < 4.78 is 5.23. The molecule has 0 bridgehead atoms. The maximum Gasteiger partial charge on any atom is 0.339 e. The molecule has 1 saturated carbocycles. The fourth-order valence-electron chi connectivity index (χ4n) is 3.84. The van der Waals surface area contributed by atoms with E-state index in [2.05, 4.69) is 0 Å². The minimum atomic E-state index is -1.05. The molecule has 0 aromatic carbocycles. The summed E-state index contributed by atoms with van der Waals surface area (Å²) in [6.07, 6.45) is 3.72. The van der Waals surface area contributed by atoms with E-state index in [0.717, 1.165) is 12.0 Å². The molecule has 0 unspecified atom stereocenters. The van der Waals surface area contributed by atoms with E-state index in [1.807, 2.05) is 6.92 Å². The Hall–Kier alpha value is -1.13. The Kier molecular flexibility index (Phi) is 2.51. The molecule has 3 aliphatic rings. The molecule has 1 fully saturated rings. The number of hydrogen-bond acceptors (Lipinski definition) is 4. The molecule has 4 nitrogen and oxygen atoms in total. The third kappa shape index (κ3) is 1.77. The summed E-state index contributed by atoms with van der Waals surface area (Å²) in [4.78, 5) is 11.7. The molecule has 0 aromatic heterocycles. The van der Waals surface area contributed by atoms with Crippen LogP contribution in [0.1, 0.15) is 40.0 Å². The third-order valence-corrected chi connectivity index (χ3v) is 5.10. The predicted octanol–water partition coefficient (Wildman–Crippen LogP) is 1.68. The maximum atomic E-state index is 11.7. The van der Waals surface area contributed by atoms with Crippen molar-refractivity contribution in [3.63, 3.8) is 0 Å². The monoisotopic (exact) mass is 264 g/mol. The number of carbonyl (C=O) groups excluding carboxylic acids is 1. The van der Waals surface area contributed by atoms with Crippen molar-refractivity contribution in [1.29, 1.82) is 0 Å². The lowest BCUT2D eigenvalue weighted by atomic mass is 9.76. The van der Waals surface area contributed by atoms with Gasteiger partial charge in [-0.1, -0.05) is 0 Å². The number of ether oxygens (including phenoxy) is 1. The van der Waals surface area contributed by atoms with Crippen LogP contribution < -0.4 is 0 Å². The second-order valence-electron chi connectivity index (χ2n) is 6.54. The maximum absolute atomic E-state index is 11.7. The first kappa shape index (κ1) is 12.9. The van der Waals surface area contributed by atoms with Crippen LogP contribution in [-0.2, 0) is 9.53 Å². The summed E-state index contributed by atoms with van der Waals surface area (Å²) in [6.45, 7) is 5.31. The molecule has 0 saturated heterocycles. The van der Waals surface area contributed by atoms with Gasteiger partial charge in [0.25, 0.3) is 0 Å². The van der Waals surface area contributed by atoms with Crippen LogP contribution in [0.5, 0.6) is 0 Å². The largest absolute Gasteiger partial charge is 0.423 e. The molecular formula is C15H20O4. The van der Waals surface area contributed by atoms with Gasteiger partial charge in [-0.05, 0) is 57.9 Å². The lowest BCUT2D eigenvalue weighted by molar-refractivity contribution is -0.133. The van der Waals surface area contributed by atoms with Crippen LogP contribution in [0.2, 0.25) is 0 Å². The number of esters is 1. The fraction of sp³-hybridized carbons (Fsp3) is 0.667. The van der Waals surface area contributed by atoms with E-state index >= 15 is 0 Å². The lowest BCUT2D eigenvalue weighted by Crippen LogP contribution is -2.40. The number of carbonyl (C=O) groups is 1. The second kappa shape index (κ2) is 3.70. The van der Waals surface area contributed by atoms with E-state index in [1.54, 1.807) is 19.9 Å². The number of rotatable bonds is 0. The zero-order valence-electron chi connectivity index (χ0n) is 11.6. The molecule has 104 valence electrons. The summed E-state index contributed by atoms with van der Waals surface area (Å²) in [6, 6.07) is 0. The molecule has 3 rings (SSSR count). The van der Waals surface area contributed by atoms with Gasteiger partial charge in [0, 0.05) is 11.1 Å². The van der Waals surface area contributed by atoms with Gasteiger partial charge in [0.05, 0.1) is 11.2 Å². The smallest absolute Gasteiger partial charge is 0.339 e. The molecule has 0 aromatic rings. The SMILES string of the molecule is CC1=C2C[C@H]3[C@H](CC[C@]3(C)O)[C@](C)(O)C=C2OC1=O. The highest BCUT2D eigenvalue weighted by molar-refractivity contribution is 5.94. The molecule has 19 heavy (non-hydrogen) atoms. The van der Waals surface area contributed by atoms with Crippen molar-refractivity contribution in [2.45, 2.75) is 51.2 Å². The Morgan fingerprint density at radius 1 is 1.32 bits per heavy atom. The molecule has 1 aliphatic heterocycles. The van der Waals surface area contributed by atoms with Crippen LogP contribution in [0.4, 0.5) is 0 Å². The van der Waals surface area contributed by atoms with Gasteiger partial charge in [-0.15, -0.1) is 0 Å². The van der Waals surface area contributed by atoms with Gasteiger partial charge in [-0.25, -0.2) is 4.79 Å². The van der Waals surface area contributed by atoms with Crippen LogP contribution >= 0.6 is 0 Å². The summed E-state index contributed by atoms with van der Waals surface area (Å²) >= 11 is 0. The average Bonchev–Trinajstić information content (AvgIpc) is 2.66. The Morgan fingerprint density at radius 2 is 2.00 bits per heavy atom. The lowest BCUT2D eigenvalue weighted by Gasteiger charge is -2.34. The predicted molar refractivity (Wildman–Crippen MR) is 69.0 cm³/mol. The fourth-order valence-corrected chi connectivity index (χ4v) is 3.84. The Bertz CT molecular complexity index is 510. The first-order valence-corrected chi connectivity index (χ1v) is 6.82. The van der Waals surface area contributed by atoms with Gasteiger partial charge in [-0.2, -0.15) is 0 Å². The van der Waals surface area contributed by atoms with Crippen molar-refractivity contribution in [1.82, 2.24) is 0 Å². The van der Waals surface area contributed by atoms with E-state index in [-0.39, 0.29) is 17.8 Å². The first-order valence-electron chi connectivity index (χ1n) is 6.82. The van der Waals surface area contributed by atoms with Gasteiger partial charge in [0.15, 0.2) is 0 Å². The van der Waals surface area contributed by atoms with Crippen LogP contribution in [0.3, 0.4) is 0 Å². The van der Waals surface area contributed by atoms with Gasteiger partial charge >= 0.3 is 5.97 Å². The molecule has 0 radical (unpaired) electrons. The highest BCUT2D eigenvalue weighted by atomic mass is 16.5. The minimum absolute atomic E-state index is 0.000368. The van der Waals surface area contributed by atoms with Gasteiger partial charge in [-0.3, -0.25) is 0 Å². The van der Waals surface area contributed by atoms with Crippen molar-refractivity contribution >= 4 is 5.97 Å². The summed E-state index contributed by atoms with van der Waals surface area (Å²) in [5.74, 6) is 0.0983. The normalized spacial score (nSPS) is 45.5. The quantitative estimate of drug-likeness (QED) is 0.653. The number of allylic oxidation sites excluding steroid dienone is 1. The van der Waals surface area contributed by atoms with E-state index < -0.39 is 11.2 Å². The Labute approximate surface area is 112 Å². The number of fused-ring (bicyclic) bond motifs is 2. The van der Waals surface area contributed by atoms with E-state index in [9.17, 15) is 15.0 Å². The van der Waals surface area contributed by atoms with E-state index in [0.29, 0.717) is 24.2 Å². The van der Waals surface area contributed by atoms with Crippen molar-refractivity contribution in [3.05, 3.63) is 23.0 Å². The number of aliphatic hydroxyl groups is 2. The van der Waals surface area contributed by atoms with Crippen molar-refractivity contribution in [2.24, 2.45) is 11.8 Å². The van der Waals surface area contributed by atoms with Crippen LogP contribution in [0.15, 0.2) is 23.0 Å². The third-order valence-electron chi connectivity index (χ3n) is 5.10. The molecular weight excluding hydrogens is 244 g/mol. The van der Waals surface area contributed by atoms with Crippen molar-refractivity contribution < 1.29 is 19.7 Å². The summed E-state index contributed by atoms with van der Waals surface area (Å²) in [5, 5.41) is 21.2. The Morgan fingerprint density at radius 3 is 2.68 bits per heavy atom. The highest BCUT2D eigenvalue weighted by Crippen LogP contribution is 2.52. The van der Waals surface area contributed by atoms with Crippen molar-refractivity contribution in [3.8, 4) is 0 Å². The highest BCUT2D eigenvalue weighted by Gasteiger charge is 2.53.